The second-order valence-electron chi connectivity index (χ2n) is 5.58. The minimum absolute atomic E-state index is 0.0970. The fourth-order valence-electron chi connectivity index (χ4n) is 2.51. The van der Waals surface area contributed by atoms with Gasteiger partial charge in [0.1, 0.15) is 0 Å². The third kappa shape index (κ3) is 3.57. The molecule has 0 unspecified atom stereocenters. The van der Waals surface area contributed by atoms with Crippen LogP contribution in [0, 0.1) is 6.92 Å². The number of benzene rings is 2. The normalized spacial score (nSPS) is 12.2. The van der Waals surface area contributed by atoms with Crippen molar-refractivity contribution in [2.75, 3.05) is 4.72 Å². The second-order valence-corrected chi connectivity index (χ2v) is 7.23. The van der Waals surface area contributed by atoms with Crippen LogP contribution in [0.1, 0.15) is 11.1 Å². The van der Waals surface area contributed by atoms with Crippen LogP contribution in [0.25, 0.3) is 11.3 Å². The van der Waals surface area contributed by atoms with E-state index in [2.05, 4.69) is 14.9 Å². The van der Waals surface area contributed by atoms with Crippen molar-refractivity contribution in [3.8, 4) is 11.3 Å². The van der Waals surface area contributed by atoms with Crippen molar-refractivity contribution < 1.29 is 21.6 Å². The molecule has 0 atom stereocenters. The predicted molar refractivity (Wildman–Crippen MR) is 91.0 cm³/mol. The zero-order valence-corrected chi connectivity index (χ0v) is 14.3. The molecule has 2 N–H and O–H groups in total. The van der Waals surface area contributed by atoms with E-state index >= 15 is 0 Å². The van der Waals surface area contributed by atoms with Crippen LogP contribution in [0.4, 0.5) is 19.0 Å². The van der Waals surface area contributed by atoms with Gasteiger partial charge in [-0.3, -0.25) is 9.82 Å². The Kier molecular flexibility index (Phi) is 4.49. The lowest BCUT2D eigenvalue weighted by Gasteiger charge is -2.13. The number of sulfonamides is 1. The summed E-state index contributed by atoms with van der Waals surface area (Å²) in [6, 6.07) is 12.8. The lowest BCUT2D eigenvalue weighted by Crippen LogP contribution is -2.19. The van der Waals surface area contributed by atoms with Crippen molar-refractivity contribution in [1.29, 1.82) is 0 Å². The minimum atomic E-state index is -4.79. The highest BCUT2D eigenvalue weighted by Gasteiger charge is 2.37. The molecule has 0 aliphatic heterocycles. The standard InChI is InChI=1S/C17H14F3N3O2S/c1-11-6-2-3-7-12(11)14-10-16(22-21-14)23-26(24,25)15-9-5-4-8-13(15)17(18,19)20/h2-10H,1H3,(H2,21,22,23). The number of aryl methyl sites for hydroxylation is 1. The molecule has 0 radical (unpaired) electrons. The van der Waals surface area contributed by atoms with Crippen molar-refractivity contribution >= 4 is 15.8 Å². The summed E-state index contributed by atoms with van der Waals surface area (Å²) in [6.45, 7) is 1.87. The van der Waals surface area contributed by atoms with Gasteiger partial charge in [-0.05, 0) is 24.6 Å². The van der Waals surface area contributed by atoms with Crippen molar-refractivity contribution in [3.63, 3.8) is 0 Å². The van der Waals surface area contributed by atoms with E-state index in [1.54, 1.807) is 0 Å². The van der Waals surface area contributed by atoms with Crippen LogP contribution in [0.5, 0.6) is 0 Å². The molecular formula is C17H14F3N3O2S. The Morgan fingerprint density at radius 1 is 1.04 bits per heavy atom. The second kappa shape index (κ2) is 6.49. The number of nitrogens with one attached hydrogen (secondary N) is 2. The molecule has 5 nitrogen and oxygen atoms in total. The van der Waals surface area contributed by atoms with Crippen LogP contribution >= 0.6 is 0 Å². The molecule has 26 heavy (non-hydrogen) atoms. The number of alkyl halides is 3. The summed E-state index contributed by atoms with van der Waals surface area (Å²) < 4.78 is 66.1. The lowest BCUT2D eigenvalue weighted by molar-refractivity contribution is -0.139. The van der Waals surface area contributed by atoms with E-state index in [9.17, 15) is 21.6 Å². The van der Waals surface area contributed by atoms with E-state index in [0.717, 1.165) is 29.3 Å². The van der Waals surface area contributed by atoms with E-state index in [1.807, 2.05) is 31.2 Å². The summed E-state index contributed by atoms with van der Waals surface area (Å²) in [6.07, 6.45) is -4.79. The van der Waals surface area contributed by atoms with Gasteiger partial charge in [-0.25, -0.2) is 8.42 Å². The summed E-state index contributed by atoms with van der Waals surface area (Å²) in [5, 5.41) is 6.52. The molecule has 0 aliphatic carbocycles. The third-order valence-corrected chi connectivity index (χ3v) is 5.15. The van der Waals surface area contributed by atoms with Crippen molar-refractivity contribution in [3.05, 3.63) is 65.7 Å². The van der Waals surface area contributed by atoms with Crippen LogP contribution in [0.3, 0.4) is 0 Å². The van der Waals surface area contributed by atoms with Crippen LogP contribution in [-0.2, 0) is 16.2 Å². The Morgan fingerprint density at radius 3 is 2.38 bits per heavy atom. The van der Waals surface area contributed by atoms with Gasteiger partial charge < -0.3 is 0 Å². The summed E-state index contributed by atoms with van der Waals surface area (Å²) in [5.41, 5.74) is 1.06. The van der Waals surface area contributed by atoms with Crippen LogP contribution < -0.4 is 4.72 Å². The molecule has 0 amide bonds. The Balaban J connectivity index is 1.94. The molecule has 0 fully saturated rings. The molecule has 2 aromatic carbocycles. The first-order chi connectivity index (χ1) is 12.2. The van der Waals surface area contributed by atoms with Crippen molar-refractivity contribution in [1.82, 2.24) is 10.2 Å². The number of hydrogen-bond acceptors (Lipinski definition) is 3. The number of aromatic amines is 1. The molecule has 3 aromatic rings. The van der Waals surface area contributed by atoms with E-state index < -0.39 is 26.7 Å². The fraction of sp³-hybridized carbons (Fsp3) is 0.118. The SMILES string of the molecule is Cc1ccccc1-c1cc(NS(=O)(=O)c2ccccc2C(F)(F)F)n[nH]1. The Bertz CT molecular complexity index is 1040. The number of halogens is 3. The van der Waals surface area contributed by atoms with Crippen molar-refractivity contribution in [2.24, 2.45) is 0 Å². The lowest BCUT2D eigenvalue weighted by atomic mass is 10.1. The monoisotopic (exact) mass is 381 g/mol. The largest absolute Gasteiger partial charge is 0.417 e. The zero-order valence-electron chi connectivity index (χ0n) is 13.5. The number of hydrogen-bond donors (Lipinski definition) is 2. The number of anilines is 1. The van der Waals surface area contributed by atoms with Crippen LogP contribution in [0.15, 0.2) is 59.5 Å². The molecular weight excluding hydrogens is 367 g/mol. The third-order valence-electron chi connectivity index (χ3n) is 3.73. The Morgan fingerprint density at radius 2 is 1.69 bits per heavy atom. The van der Waals surface area contributed by atoms with Crippen LogP contribution in [-0.4, -0.2) is 18.6 Å². The smallest absolute Gasteiger partial charge is 0.276 e. The first-order valence-corrected chi connectivity index (χ1v) is 8.97. The molecule has 1 heterocycles. The molecule has 136 valence electrons. The Hall–Kier alpha value is -2.81. The molecule has 0 bridgehead atoms. The molecule has 0 aliphatic rings. The molecule has 3 rings (SSSR count). The van der Waals surface area contributed by atoms with Gasteiger partial charge in [-0.15, -0.1) is 0 Å². The minimum Gasteiger partial charge on any atom is -0.276 e. The molecule has 0 spiro atoms. The van der Waals surface area contributed by atoms with Gasteiger partial charge in [-0.1, -0.05) is 36.4 Å². The predicted octanol–water partition coefficient (Wildman–Crippen LogP) is 4.20. The summed E-state index contributed by atoms with van der Waals surface area (Å²) in [5.74, 6) is -0.0970. The van der Waals surface area contributed by atoms with E-state index in [1.165, 1.54) is 12.1 Å². The number of nitrogens with zero attached hydrogens (tertiary/aromatic N) is 1. The maximum Gasteiger partial charge on any atom is 0.417 e. The first kappa shape index (κ1) is 18.0. The maximum atomic E-state index is 13.1. The zero-order chi connectivity index (χ0) is 18.9. The van der Waals surface area contributed by atoms with E-state index in [4.69, 9.17) is 0 Å². The average molecular weight is 381 g/mol. The highest BCUT2D eigenvalue weighted by Crippen LogP contribution is 2.34. The topological polar surface area (TPSA) is 74.8 Å². The van der Waals surface area contributed by atoms with Crippen molar-refractivity contribution in [2.45, 2.75) is 18.0 Å². The number of H-pyrrole nitrogens is 1. The summed E-state index contributed by atoms with van der Waals surface area (Å²) in [7, 11) is -4.46. The van der Waals surface area contributed by atoms with Crippen LogP contribution in [0.2, 0.25) is 0 Å². The van der Waals surface area contributed by atoms with Gasteiger partial charge in [0.05, 0.1) is 16.2 Å². The summed E-state index contributed by atoms with van der Waals surface area (Å²) in [4.78, 5) is -0.854. The maximum absolute atomic E-state index is 13.1. The average Bonchev–Trinajstić information content (AvgIpc) is 3.02. The molecule has 9 heteroatoms. The summed E-state index contributed by atoms with van der Waals surface area (Å²) >= 11 is 0. The van der Waals surface area contributed by atoms with Gasteiger partial charge in [0.2, 0.25) is 0 Å². The van der Waals surface area contributed by atoms with E-state index in [0.29, 0.717) is 5.69 Å². The quantitative estimate of drug-likeness (QED) is 0.711. The molecule has 1 aromatic heterocycles. The van der Waals surface area contributed by atoms with Gasteiger partial charge >= 0.3 is 6.18 Å². The first-order valence-electron chi connectivity index (χ1n) is 7.49. The molecule has 0 saturated carbocycles. The van der Waals surface area contributed by atoms with E-state index in [-0.39, 0.29) is 5.82 Å². The van der Waals surface area contributed by atoms with Gasteiger partial charge in [0.25, 0.3) is 10.0 Å². The number of rotatable bonds is 4. The van der Waals surface area contributed by atoms with Gasteiger partial charge in [0.15, 0.2) is 5.82 Å². The highest BCUT2D eigenvalue weighted by molar-refractivity contribution is 7.92. The Labute approximate surface area is 147 Å². The van der Waals surface area contributed by atoms with Gasteiger partial charge in [-0.2, -0.15) is 18.3 Å². The number of aromatic nitrogens is 2. The van der Waals surface area contributed by atoms with Gasteiger partial charge in [0, 0.05) is 11.6 Å². The fourth-order valence-corrected chi connectivity index (χ4v) is 3.74. The molecule has 0 saturated heterocycles. The highest BCUT2D eigenvalue weighted by atomic mass is 32.2.